The van der Waals surface area contributed by atoms with Crippen LogP contribution in [0.15, 0.2) is 36.4 Å². The molecule has 0 radical (unpaired) electrons. The van der Waals surface area contributed by atoms with E-state index in [1.165, 1.54) is 6.42 Å². The van der Waals surface area contributed by atoms with Gasteiger partial charge in [0.05, 0.1) is 25.0 Å². The number of hydrogen-bond acceptors (Lipinski definition) is 5. The largest absolute Gasteiger partial charge is 0.497 e. The predicted octanol–water partition coefficient (Wildman–Crippen LogP) is 4.06. The van der Waals surface area contributed by atoms with Crippen LogP contribution in [0.1, 0.15) is 65.2 Å². The molecule has 8 nitrogen and oxygen atoms in total. The number of amides is 3. The van der Waals surface area contributed by atoms with Gasteiger partial charge in [0.1, 0.15) is 17.4 Å². The summed E-state index contributed by atoms with van der Waals surface area (Å²) in [5.74, 6) is -0.619. The lowest BCUT2D eigenvalue weighted by molar-refractivity contribution is -0.146. The summed E-state index contributed by atoms with van der Waals surface area (Å²) >= 11 is 0. The Morgan fingerprint density at radius 2 is 1.85 bits per heavy atom. The van der Waals surface area contributed by atoms with Crippen molar-refractivity contribution in [2.45, 2.75) is 95.0 Å². The van der Waals surface area contributed by atoms with Crippen LogP contribution in [-0.4, -0.2) is 59.6 Å². The Kier molecular flexibility index (Phi) is 6.94. The first-order chi connectivity index (χ1) is 18.8. The third kappa shape index (κ3) is 4.35. The quantitative estimate of drug-likeness (QED) is 0.536. The van der Waals surface area contributed by atoms with E-state index in [9.17, 15) is 14.4 Å². The van der Waals surface area contributed by atoms with Crippen molar-refractivity contribution in [3.05, 3.63) is 36.4 Å². The first kappa shape index (κ1) is 26.4. The van der Waals surface area contributed by atoms with Gasteiger partial charge in [-0.15, -0.1) is 0 Å². The number of ether oxygens (including phenoxy) is 2. The number of nitrogens with zero attached hydrogens (tertiary/aromatic N) is 1. The van der Waals surface area contributed by atoms with E-state index in [-0.39, 0.29) is 35.7 Å². The van der Waals surface area contributed by atoms with E-state index in [4.69, 9.17) is 9.47 Å². The topological polar surface area (TPSA) is 97.0 Å². The molecule has 1 aromatic carbocycles. The summed E-state index contributed by atoms with van der Waals surface area (Å²) < 4.78 is 11.9. The minimum atomic E-state index is -1.13. The van der Waals surface area contributed by atoms with E-state index >= 15 is 0 Å². The van der Waals surface area contributed by atoms with E-state index < -0.39 is 29.6 Å². The van der Waals surface area contributed by atoms with Crippen LogP contribution in [0, 0.1) is 23.7 Å². The van der Waals surface area contributed by atoms with E-state index in [0.29, 0.717) is 17.4 Å². The highest BCUT2D eigenvalue weighted by molar-refractivity contribution is 6.03. The van der Waals surface area contributed by atoms with E-state index in [2.05, 4.69) is 24.5 Å². The van der Waals surface area contributed by atoms with Gasteiger partial charge in [0, 0.05) is 23.8 Å². The second-order valence-corrected chi connectivity index (χ2v) is 12.3. The zero-order valence-corrected chi connectivity index (χ0v) is 23.2. The molecule has 2 N–H and O–H groups in total. The molecule has 1 spiro atoms. The molecule has 2 bridgehead atoms. The molecule has 210 valence electrons. The van der Waals surface area contributed by atoms with Gasteiger partial charge in [-0.1, -0.05) is 64.2 Å². The average Bonchev–Trinajstić information content (AvgIpc) is 3.58. The molecular formula is C31H41N3O5. The van der Waals surface area contributed by atoms with Crippen LogP contribution >= 0.6 is 0 Å². The van der Waals surface area contributed by atoms with Crippen molar-refractivity contribution in [2.75, 3.05) is 12.4 Å². The van der Waals surface area contributed by atoms with Crippen molar-refractivity contribution in [3.8, 4) is 5.75 Å². The number of rotatable bonds is 6. The van der Waals surface area contributed by atoms with Crippen molar-refractivity contribution < 1.29 is 23.9 Å². The van der Waals surface area contributed by atoms with Crippen molar-refractivity contribution in [1.29, 1.82) is 0 Å². The van der Waals surface area contributed by atoms with Crippen LogP contribution in [0.3, 0.4) is 0 Å². The summed E-state index contributed by atoms with van der Waals surface area (Å²) in [6.07, 6.45) is 11.6. The molecule has 6 rings (SSSR count). The fraction of sp³-hybridized carbons (Fsp3) is 0.645. The molecule has 8 atom stereocenters. The molecule has 0 aromatic heterocycles. The molecule has 5 aliphatic rings. The maximum Gasteiger partial charge on any atom is 0.246 e. The highest BCUT2D eigenvalue weighted by Gasteiger charge is 2.73. The molecule has 1 aromatic rings. The molecule has 2 saturated heterocycles. The molecule has 8 heteroatoms. The number of carbonyl (C=O) groups excluding carboxylic acids is 3. The smallest absolute Gasteiger partial charge is 0.246 e. The number of hydrogen-bond donors (Lipinski definition) is 2. The standard InChI is InChI=1S/C31H41N3O5/c1-18-9-7-14-23(19(18)2)34-27(29(36)32-20-10-5-4-6-11-20)31-16-15-24(39-31)25(26(31)30(34)37)28(35)33-21-12-8-13-22(17-21)38-3/h8,12-13,15-20,23-27H,4-7,9-11,14H2,1-3H3,(H,32,36)(H,33,35)/t18?,19?,23?,24-,25?,26-,27?,31?/m0/s1. The highest BCUT2D eigenvalue weighted by atomic mass is 16.5. The van der Waals surface area contributed by atoms with Gasteiger partial charge < -0.3 is 25.0 Å². The minimum Gasteiger partial charge on any atom is -0.497 e. The van der Waals surface area contributed by atoms with Crippen molar-refractivity contribution >= 4 is 23.4 Å². The number of anilines is 1. The van der Waals surface area contributed by atoms with E-state index in [1.54, 1.807) is 19.2 Å². The molecule has 39 heavy (non-hydrogen) atoms. The van der Waals surface area contributed by atoms with Crippen LogP contribution < -0.4 is 15.4 Å². The van der Waals surface area contributed by atoms with Crippen molar-refractivity contribution in [2.24, 2.45) is 23.7 Å². The zero-order valence-electron chi connectivity index (χ0n) is 23.2. The number of methoxy groups -OCH3 is 1. The first-order valence-electron chi connectivity index (χ1n) is 14.8. The molecule has 6 unspecified atom stereocenters. The van der Waals surface area contributed by atoms with Crippen LogP contribution in [0.4, 0.5) is 5.69 Å². The van der Waals surface area contributed by atoms with E-state index in [0.717, 1.165) is 44.9 Å². The Labute approximate surface area is 230 Å². The number of fused-ring (bicyclic) bond motifs is 1. The summed E-state index contributed by atoms with van der Waals surface area (Å²) in [7, 11) is 1.58. The van der Waals surface area contributed by atoms with Gasteiger partial charge in [0.15, 0.2) is 0 Å². The van der Waals surface area contributed by atoms with Gasteiger partial charge in [-0.2, -0.15) is 0 Å². The molecule has 3 heterocycles. The maximum atomic E-state index is 14.4. The van der Waals surface area contributed by atoms with Gasteiger partial charge in [-0.3, -0.25) is 14.4 Å². The number of nitrogens with one attached hydrogen (secondary N) is 2. The molecule has 3 amide bonds. The SMILES string of the molecule is COc1cccc(NC(=O)C2[C@@H]3C=CC4(O3)C(C(=O)NC3CCCCC3)N(C3CCCC(C)C3C)C(=O)[C@H]24)c1. The molecule has 3 aliphatic heterocycles. The zero-order chi connectivity index (χ0) is 27.3. The van der Waals surface area contributed by atoms with Crippen LogP contribution in [0.25, 0.3) is 0 Å². The maximum absolute atomic E-state index is 14.4. The Hall–Kier alpha value is -2.87. The van der Waals surface area contributed by atoms with Gasteiger partial charge in [-0.25, -0.2) is 0 Å². The summed E-state index contributed by atoms with van der Waals surface area (Å²) in [6, 6.07) is 6.48. The Morgan fingerprint density at radius 1 is 1.05 bits per heavy atom. The number of carbonyl (C=O) groups is 3. The Morgan fingerprint density at radius 3 is 2.62 bits per heavy atom. The summed E-state index contributed by atoms with van der Waals surface area (Å²) in [5.41, 5.74) is -0.527. The average molecular weight is 536 g/mol. The Bertz CT molecular complexity index is 1160. The molecular weight excluding hydrogens is 494 g/mol. The van der Waals surface area contributed by atoms with Gasteiger partial charge in [-0.05, 0) is 43.2 Å². The summed E-state index contributed by atoms with van der Waals surface area (Å²) in [5, 5.41) is 6.29. The normalized spacial score (nSPS) is 37.6. The lowest BCUT2D eigenvalue weighted by Gasteiger charge is -2.44. The van der Waals surface area contributed by atoms with Gasteiger partial charge in [0.25, 0.3) is 0 Å². The van der Waals surface area contributed by atoms with Crippen LogP contribution in [-0.2, 0) is 19.1 Å². The third-order valence-electron chi connectivity index (χ3n) is 10.2. The molecule has 2 aliphatic carbocycles. The van der Waals surface area contributed by atoms with Crippen molar-refractivity contribution in [3.63, 3.8) is 0 Å². The monoisotopic (exact) mass is 535 g/mol. The third-order valence-corrected chi connectivity index (χ3v) is 10.2. The van der Waals surface area contributed by atoms with E-state index in [1.807, 2.05) is 29.2 Å². The van der Waals surface area contributed by atoms with Gasteiger partial charge in [0.2, 0.25) is 17.7 Å². The predicted molar refractivity (Wildman–Crippen MR) is 147 cm³/mol. The van der Waals surface area contributed by atoms with Crippen molar-refractivity contribution in [1.82, 2.24) is 10.2 Å². The Balaban J connectivity index is 1.33. The highest BCUT2D eigenvalue weighted by Crippen LogP contribution is 2.57. The van der Waals surface area contributed by atoms with Crippen LogP contribution in [0.2, 0.25) is 0 Å². The second-order valence-electron chi connectivity index (χ2n) is 12.3. The summed E-state index contributed by atoms with van der Waals surface area (Å²) in [4.78, 5) is 44.2. The molecule has 4 fully saturated rings. The fourth-order valence-electron chi connectivity index (χ4n) is 7.96. The minimum absolute atomic E-state index is 0.0542. The molecule has 2 saturated carbocycles. The lowest BCUT2D eigenvalue weighted by atomic mass is 9.74. The first-order valence-corrected chi connectivity index (χ1v) is 14.8. The second kappa shape index (κ2) is 10.3. The fourth-order valence-corrected chi connectivity index (χ4v) is 7.96. The lowest BCUT2D eigenvalue weighted by Crippen LogP contribution is -2.60. The summed E-state index contributed by atoms with van der Waals surface area (Å²) in [6.45, 7) is 4.44. The number of benzene rings is 1. The number of likely N-dealkylation sites (tertiary alicyclic amines) is 1. The van der Waals surface area contributed by atoms with Gasteiger partial charge >= 0.3 is 0 Å². The van der Waals surface area contributed by atoms with Crippen LogP contribution in [0.5, 0.6) is 5.75 Å².